The number of nitrogens with one attached hydrogen (secondary N) is 1. The first-order valence-corrected chi connectivity index (χ1v) is 8.58. The molecule has 0 unspecified atom stereocenters. The van der Waals surface area contributed by atoms with Crippen molar-refractivity contribution in [2.24, 2.45) is 0 Å². The molecule has 3 rings (SSSR count). The maximum absolute atomic E-state index is 13.8. The number of hydrogen-bond acceptors (Lipinski definition) is 2. The number of aromatic nitrogens is 1. The number of anilines is 1. The molecule has 0 radical (unpaired) electrons. The van der Waals surface area contributed by atoms with Crippen molar-refractivity contribution < 1.29 is 18.5 Å². The van der Waals surface area contributed by atoms with Gasteiger partial charge >= 0.3 is 0 Å². The summed E-state index contributed by atoms with van der Waals surface area (Å²) in [6.07, 6.45) is 3.36. The van der Waals surface area contributed by atoms with Gasteiger partial charge < -0.3 is 10.4 Å². The maximum Gasteiger partial charge on any atom is 0.238 e. The highest BCUT2D eigenvalue weighted by molar-refractivity contribution is 7.81. The lowest BCUT2D eigenvalue weighted by atomic mass is 10.1. The van der Waals surface area contributed by atoms with Gasteiger partial charge in [-0.15, -0.1) is 0 Å². The maximum atomic E-state index is 13.8. The number of pyridine rings is 1. The van der Waals surface area contributed by atoms with Gasteiger partial charge in [-0.25, -0.2) is 8.78 Å². The van der Waals surface area contributed by atoms with Crippen LogP contribution in [0.25, 0.3) is 11.5 Å². The smallest absolute Gasteiger partial charge is 0.238 e. The standard InChI is InChI=1S/C21H16F2N2OS/c1-14-5-10-17(13-18(14)23)24-21(27)19(25-11-3-2-4-12-25)20(26)15-6-8-16(22)9-7-15/h2-13H,1H3,(H-,24,26,27). The average molecular weight is 382 g/mol. The van der Waals surface area contributed by atoms with Crippen molar-refractivity contribution in [3.8, 4) is 0 Å². The molecule has 0 aliphatic carbocycles. The van der Waals surface area contributed by atoms with Crippen LogP contribution in [0.2, 0.25) is 0 Å². The number of aryl methyl sites for hydroxylation is 1. The van der Waals surface area contributed by atoms with Gasteiger partial charge in [-0.1, -0.05) is 36.5 Å². The van der Waals surface area contributed by atoms with Crippen LogP contribution in [0.1, 0.15) is 11.1 Å². The van der Waals surface area contributed by atoms with Crippen molar-refractivity contribution in [3.63, 3.8) is 0 Å². The first-order valence-electron chi connectivity index (χ1n) is 8.17. The van der Waals surface area contributed by atoms with Crippen molar-refractivity contribution in [1.82, 2.24) is 0 Å². The van der Waals surface area contributed by atoms with E-state index >= 15 is 0 Å². The van der Waals surface area contributed by atoms with Gasteiger partial charge in [0.15, 0.2) is 17.4 Å². The Labute approximate surface area is 161 Å². The molecule has 0 fully saturated rings. The molecule has 27 heavy (non-hydrogen) atoms. The minimum atomic E-state index is -0.434. The number of nitrogens with zero attached hydrogens (tertiary/aromatic N) is 1. The number of hydrogen-bond donors (Lipinski definition) is 1. The van der Waals surface area contributed by atoms with Gasteiger partial charge in [0, 0.05) is 17.8 Å². The predicted molar refractivity (Wildman–Crippen MR) is 104 cm³/mol. The first-order chi connectivity index (χ1) is 13.0. The Morgan fingerprint density at radius 2 is 1.67 bits per heavy atom. The van der Waals surface area contributed by atoms with E-state index in [9.17, 15) is 13.9 Å². The van der Waals surface area contributed by atoms with E-state index in [0.717, 1.165) is 0 Å². The zero-order chi connectivity index (χ0) is 19.4. The first kappa shape index (κ1) is 18.7. The van der Waals surface area contributed by atoms with Gasteiger partial charge in [-0.05, 0) is 48.1 Å². The third-order valence-electron chi connectivity index (χ3n) is 3.94. The lowest BCUT2D eigenvalue weighted by molar-refractivity contribution is -0.577. The fourth-order valence-corrected chi connectivity index (χ4v) is 2.80. The molecule has 0 aliphatic rings. The molecule has 0 spiro atoms. The van der Waals surface area contributed by atoms with Gasteiger partial charge in [0.1, 0.15) is 11.6 Å². The van der Waals surface area contributed by atoms with Crippen molar-refractivity contribution in [1.29, 1.82) is 0 Å². The van der Waals surface area contributed by atoms with E-state index < -0.39 is 5.82 Å². The largest absolute Gasteiger partial charge is 0.867 e. The topological polar surface area (TPSA) is 39.0 Å². The molecule has 3 nitrogen and oxygen atoms in total. The summed E-state index contributed by atoms with van der Waals surface area (Å²) in [4.78, 5) is 0.128. The summed E-state index contributed by atoms with van der Waals surface area (Å²) in [5.41, 5.74) is 1.42. The second-order valence-corrected chi connectivity index (χ2v) is 6.29. The Morgan fingerprint density at radius 1 is 1.00 bits per heavy atom. The van der Waals surface area contributed by atoms with Crippen molar-refractivity contribution in [2.75, 3.05) is 5.32 Å². The summed E-state index contributed by atoms with van der Waals surface area (Å²) >= 11 is 5.43. The molecular formula is C21H16F2N2OS. The highest BCUT2D eigenvalue weighted by Gasteiger charge is 2.19. The van der Waals surface area contributed by atoms with E-state index in [4.69, 9.17) is 12.2 Å². The molecule has 3 aromatic rings. The van der Waals surface area contributed by atoms with Crippen LogP contribution in [0.3, 0.4) is 0 Å². The van der Waals surface area contributed by atoms with E-state index in [2.05, 4.69) is 5.32 Å². The molecule has 0 amide bonds. The quantitative estimate of drug-likeness (QED) is 0.324. The Morgan fingerprint density at radius 3 is 2.30 bits per heavy atom. The molecule has 0 atom stereocenters. The number of benzene rings is 2. The molecule has 136 valence electrons. The summed E-state index contributed by atoms with van der Waals surface area (Å²) in [7, 11) is 0. The summed E-state index contributed by atoms with van der Waals surface area (Å²) in [5.74, 6) is -1.19. The van der Waals surface area contributed by atoms with E-state index in [1.807, 2.05) is 6.07 Å². The number of rotatable bonds is 4. The van der Waals surface area contributed by atoms with Crippen LogP contribution in [-0.4, -0.2) is 4.99 Å². The Hall–Kier alpha value is -3.12. The molecule has 1 N–H and O–H groups in total. The third-order valence-corrected chi connectivity index (χ3v) is 4.24. The molecule has 6 heteroatoms. The second kappa shape index (κ2) is 8.05. The molecular weight excluding hydrogens is 366 g/mol. The minimum Gasteiger partial charge on any atom is -0.867 e. The molecule has 1 heterocycles. The Bertz CT molecular complexity index is 1000. The summed E-state index contributed by atoms with van der Waals surface area (Å²) in [6.45, 7) is 1.66. The van der Waals surface area contributed by atoms with Crippen molar-refractivity contribution in [2.45, 2.75) is 6.92 Å². The number of thiocarbonyl (C=S) groups is 1. The molecule has 1 aromatic heterocycles. The van der Waals surface area contributed by atoms with E-state index in [0.29, 0.717) is 16.8 Å². The van der Waals surface area contributed by atoms with Gasteiger partial charge in [-0.2, -0.15) is 4.57 Å². The zero-order valence-electron chi connectivity index (χ0n) is 14.4. The number of halogens is 2. The van der Waals surface area contributed by atoms with Crippen LogP contribution in [0, 0.1) is 18.6 Å². The summed E-state index contributed by atoms with van der Waals surface area (Å²) < 4.78 is 28.6. The monoisotopic (exact) mass is 382 g/mol. The Kier molecular flexibility index (Phi) is 5.57. The SMILES string of the molecule is Cc1ccc(NC(=S)C(=C([O-])c2ccc(F)cc2)[n+]2ccccc2)cc1F. The molecule has 2 aromatic carbocycles. The third kappa shape index (κ3) is 4.35. The molecule has 0 aliphatic heterocycles. The lowest BCUT2D eigenvalue weighted by Crippen LogP contribution is -2.39. The van der Waals surface area contributed by atoms with Crippen LogP contribution in [0.15, 0.2) is 73.1 Å². The van der Waals surface area contributed by atoms with Crippen molar-refractivity contribution in [3.05, 3.63) is 95.8 Å². The van der Waals surface area contributed by atoms with Gasteiger partial charge in [0.25, 0.3) is 0 Å². The minimum absolute atomic E-state index is 0.128. The van der Waals surface area contributed by atoms with Crippen LogP contribution < -0.4 is 15.0 Å². The average Bonchev–Trinajstić information content (AvgIpc) is 2.66. The Balaban J connectivity index is 2.04. The lowest BCUT2D eigenvalue weighted by Gasteiger charge is -2.17. The van der Waals surface area contributed by atoms with E-state index in [1.54, 1.807) is 48.1 Å². The van der Waals surface area contributed by atoms with E-state index in [-0.39, 0.29) is 22.3 Å². The van der Waals surface area contributed by atoms with Crippen LogP contribution in [0.4, 0.5) is 14.5 Å². The highest BCUT2D eigenvalue weighted by atomic mass is 32.1. The summed E-state index contributed by atoms with van der Waals surface area (Å²) in [5, 5.41) is 15.9. The molecule has 0 saturated heterocycles. The highest BCUT2D eigenvalue weighted by Crippen LogP contribution is 2.19. The summed E-state index contributed by atoms with van der Waals surface area (Å²) in [6, 6.07) is 15.2. The van der Waals surface area contributed by atoms with Gasteiger partial charge in [0.2, 0.25) is 5.70 Å². The van der Waals surface area contributed by atoms with Crippen LogP contribution in [0.5, 0.6) is 0 Å². The zero-order valence-corrected chi connectivity index (χ0v) is 15.3. The van der Waals surface area contributed by atoms with Crippen molar-refractivity contribution >= 4 is 34.3 Å². The fourth-order valence-electron chi connectivity index (χ4n) is 2.48. The predicted octanol–water partition coefficient (Wildman–Crippen LogP) is 3.69. The molecule has 0 saturated carbocycles. The fraction of sp³-hybridized carbons (Fsp3) is 0.0476. The van der Waals surface area contributed by atoms with Gasteiger partial charge in [-0.3, -0.25) is 0 Å². The second-order valence-electron chi connectivity index (χ2n) is 5.89. The van der Waals surface area contributed by atoms with Gasteiger partial charge in [0.05, 0.1) is 0 Å². The van der Waals surface area contributed by atoms with E-state index in [1.165, 1.54) is 30.3 Å². The van der Waals surface area contributed by atoms with Crippen LogP contribution in [-0.2, 0) is 0 Å². The normalized spacial score (nSPS) is 11.7. The molecule has 0 bridgehead atoms. The van der Waals surface area contributed by atoms with Crippen LogP contribution >= 0.6 is 12.2 Å².